The zero-order valence-electron chi connectivity index (χ0n) is 11.7. The van der Waals surface area contributed by atoms with E-state index in [1.807, 2.05) is 0 Å². The molecule has 0 fully saturated rings. The van der Waals surface area contributed by atoms with Crippen molar-refractivity contribution in [1.82, 2.24) is 4.98 Å². The molecule has 4 N–H and O–H groups in total. The highest BCUT2D eigenvalue weighted by Gasteiger charge is 2.53. The molecule has 0 aliphatic carbocycles. The minimum absolute atomic E-state index is 0.228. The highest BCUT2D eigenvalue weighted by atomic mass is 32.1. The summed E-state index contributed by atoms with van der Waals surface area (Å²) < 4.78 is -1.63. The number of nitrogens with two attached hydrogens (primary N) is 1. The van der Waals surface area contributed by atoms with Gasteiger partial charge in [0.1, 0.15) is 17.3 Å². The lowest BCUT2D eigenvalue weighted by Gasteiger charge is -2.38. The van der Waals surface area contributed by atoms with Crippen molar-refractivity contribution in [1.29, 1.82) is 0 Å². The van der Waals surface area contributed by atoms with Gasteiger partial charge in [-0.1, -0.05) is 6.92 Å². The molecule has 2 heterocycles. The third kappa shape index (κ3) is 2.35. The van der Waals surface area contributed by atoms with E-state index in [1.54, 1.807) is 6.92 Å². The molecule has 1 aliphatic rings. The first-order valence-corrected chi connectivity index (χ1v) is 6.95. The van der Waals surface area contributed by atoms with Gasteiger partial charge in [0.2, 0.25) is 0 Å². The van der Waals surface area contributed by atoms with Gasteiger partial charge >= 0.3 is 11.9 Å². The summed E-state index contributed by atoms with van der Waals surface area (Å²) in [5, 5.41) is 19.1. The average Bonchev–Trinajstić information content (AvgIpc) is 2.46. The van der Waals surface area contributed by atoms with Gasteiger partial charge in [0.15, 0.2) is 0 Å². The highest BCUT2D eigenvalue weighted by molar-refractivity contribution is 7.81. The van der Waals surface area contributed by atoms with Crippen LogP contribution in [0.25, 0.3) is 0 Å². The second kappa shape index (κ2) is 5.80. The molecule has 0 spiro atoms. The number of aromatic nitrogens is 1. The van der Waals surface area contributed by atoms with Crippen LogP contribution in [0.5, 0.6) is 0 Å². The van der Waals surface area contributed by atoms with E-state index in [2.05, 4.69) is 22.6 Å². The second-order valence-corrected chi connectivity index (χ2v) is 5.50. The van der Waals surface area contributed by atoms with Crippen LogP contribution in [0.3, 0.4) is 0 Å². The van der Waals surface area contributed by atoms with E-state index >= 15 is 0 Å². The van der Waals surface area contributed by atoms with Crippen molar-refractivity contribution < 1.29 is 19.8 Å². The van der Waals surface area contributed by atoms with Crippen LogP contribution >= 0.6 is 12.6 Å². The number of carboxylic acid groups (broad SMARTS) is 2. The SMILES string of the molecule is CCC1=NC(N)=C(C(=O)O)C(S)(c2ccncc2)C1C(=O)O. The Morgan fingerprint density at radius 2 is 1.95 bits per heavy atom. The van der Waals surface area contributed by atoms with Gasteiger partial charge in [-0.3, -0.25) is 9.78 Å². The zero-order valence-corrected chi connectivity index (χ0v) is 12.6. The lowest BCUT2D eigenvalue weighted by Crippen LogP contribution is -2.47. The van der Waals surface area contributed by atoms with Gasteiger partial charge in [0.25, 0.3) is 0 Å². The predicted molar refractivity (Wildman–Crippen MR) is 82.6 cm³/mol. The van der Waals surface area contributed by atoms with Gasteiger partial charge in [-0.15, -0.1) is 0 Å². The molecule has 2 rings (SSSR count). The average molecular weight is 321 g/mol. The van der Waals surface area contributed by atoms with Gasteiger partial charge in [-0.25, -0.2) is 9.79 Å². The largest absolute Gasteiger partial charge is 0.481 e. The van der Waals surface area contributed by atoms with E-state index in [4.69, 9.17) is 5.73 Å². The topological polar surface area (TPSA) is 126 Å². The van der Waals surface area contributed by atoms with E-state index in [1.165, 1.54) is 24.5 Å². The van der Waals surface area contributed by atoms with Gasteiger partial charge in [-0.2, -0.15) is 12.6 Å². The molecule has 2 unspecified atom stereocenters. The Bertz CT molecular complexity index is 687. The maximum Gasteiger partial charge on any atom is 0.337 e. The molecule has 7 nitrogen and oxygen atoms in total. The van der Waals surface area contributed by atoms with Crippen LogP contribution in [-0.2, 0) is 14.3 Å². The Morgan fingerprint density at radius 3 is 2.41 bits per heavy atom. The highest BCUT2D eigenvalue weighted by Crippen LogP contribution is 2.47. The number of carbonyl (C=O) groups is 2. The number of rotatable bonds is 4. The monoisotopic (exact) mass is 321 g/mol. The molecule has 2 atom stereocenters. The Labute approximate surface area is 132 Å². The molecule has 0 saturated carbocycles. The molecule has 0 amide bonds. The maximum absolute atomic E-state index is 11.8. The molecule has 116 valence electrons. The van der Waals surface area contributed by atoms with Crippen molar-refractivity contribution in [2.45, 2.75) is 18.1 Å². The lowest BCUT2D eigenvalue weighted by atomic mass is 9.74. The van der Waals surface area contributed by atoms with Gasteiger partial charge < -0.3 is 15.9 Å². The third-order valence-electron chi connectivity index (χ3n) is 3.60. The smallest absolute Gasteiger partial charge is 0.337 e. The van der Waals surface area contributed by atoms with Crippen LogP contribution in [-0.4, -0.2) is 32.8 Å². The molecule has 0 bridgehead atoms. The van der Waals surface area contributed by atoms with Crippen molar-refractivity contribution in [2.75, 3.05) is 0 Å². The molecular weight excluding hydrogens is 306 g/mol. The van der Waals surface area contributed by atoms with Crippen molar-refractivity contribution in [3.05, 3.63) is 41.5 Å². The van der Waals surface area contributed by atoms with Crippen LogP contribution in [0.1, 0.15) is 18.9 Å². The molecule has 22 heavy (non-hydrogen) atoms. The number of aliphatic carboxylic acids is 2. The number of aliphatic imine (C=N–C) groups is 1. The summed E-state index contributed by atoms with van der Waals surface area (Å²) in [6, 6.07) is 3.05. The van der Waals surface area contributed by atoms with Crippen molar-refractivity contribution in [2.24, 2.45) is 16.6 Å². The van der Waals surface area contributed by atoms with Gasteiger partial charge in [-0.05, 0) is 24.1 Å². The van der Waals surface area contributed by atoms with E-state index in [-0.39, 0.29) is 17.1 Å². The first kappa shape index (κ1) is 16.0. The molecule has 1 aromatic rings. The van der Waals surface area contributed by atoms with Crippen LogP contribution < -0.4 is 5.73 Å². The maximum atomic E-state index is 11.8. The Kier molecular flexibility index (Phi) is 4.23. The van der Waals surface area contributed by atoms with Crippen molar-refractivity contribution >= 4 is 30.3 Å². The van der Waals surface area contributed by atoms with E-state index in [0.717, 1.165) is 0 Å². The van der Waals surface area contributed by atoms with Gasteiger partial charge in [0.05, 0.1) is 4.75 Å². The number of pyridine rings is 1. The first-order valence-electron chi connectivity index (χ1n) is 6.50. The normalized spacial score (nSPS) is 24.8. The quantitative estimate of drug-likeness (QED) is 0.614. The molecular formula is C14H15N3O4S. The summed E-state index contributed by atoms with van der Waals surface area (Å²) >= 11 is 4.47. The summed E-state index contributed by atoms with van der Waals surface area (Å²) in [5.74, 6) is -4.02. The third-order valence-corrected chi connectivity index (χ3v) is 4.34. The number of carboxylic acids is 2. The Balaban J connectivity index is 2.81. The van der Waals surface area contributed by atoms with E-state index < -0.39 is 22.6 Å². The summed E-state index contributed by atoms with van der Waals surface area (Å²) in [7, 11) is 0. The Morgan fingerprint density at radius 1 is 1.36 bits per heavy atom. The fourth-order valence-corrected chi connectivity index (χ4v) is 3.27. The molecule has 1 aliphatic heterocycles. The van der Waals surface area contributed by atoms with Crippen LogP contribution in [0.4, 0.5) is 0 Å². The second-order valence-electron chi connectivity index (χ2n) is 4.80. The van der Waals surface area contributed by atoms with Gasteiger partial charge in [0, 0.05) is 18.1 Å². The number of hydrogen-bond acceptors (Lipinski definition) is 6. The van der Waals surface area contributed by atoms with E-state index in [9.17, 15) is 19.8 Å². The summed E-state index contributed by atoms with van der Waals surface area (Å²) in [4.78, 5) is 31.3. The molecule has 0 radical (unpaired) electrons. The minimum atomic E-state index is -1.63. The predicted octanol–water partition coefficient (Wildman–Crippen LogP) is 1.03. The molecule has 0 saturated heterocycles. The van der Waals surface area contributed by atoms with Crippen LogP contribution in [0, 0.1) is 5.92 Å². The molecule has 0 aromatic carbocycles. The van der Waals surface area contributed by atoms with Crippen molar-refractivity contribution in [3.8, 4) is 0 Å². The van der Waals surface area contributed by atoms with Crippen LogP contribution in [0.15, 0.2) is 40.9 Å². The minimum Gasteiger partial charge on any atom is -0.481 e. The zero-order chi connectivity index (χ0) is 16.5. The first-order chi connectivity index (χ1) is 10.3. The standard InChI is InChI=1S/C14H15N3O4S/c1-2-8-9(12(18)19)14(22,7-3-5-16-6-4-7)10(13(20)21)11(15)17-8/h3-6,9,22H,2,15H2,1H3,(H,18,19)(H,20,21). The van der Waals surface area contributed by atoms with E-state index in [0.29, 0.717) is 12.0 Å². The van der Waals surface area contributed by atoms with Crippen molar-refractivity contribution in [3.63, 3.8) is 0 Å². The lowest BCUT2D eigenvalue weighted by molar-refractivity contribution is -0.140. The fourth-order valence-electron chi connectivity index (χ4n) is 2.65. The number of thiol groups is 1. The summed E-state index contributed by atoms with van der Waals surface area (Å²) in [6.45, 7) is 1.73. The summed E-state index contributed by atoms with van der Waals surface area (Å²) in [5.41, 5.74) is 6.10. The summed E-state index contributed by atoms with van der Waals surface area (Å²) in [6.07, 6.45) is 3.20. The van der Waals surface area contributed by atoms with Crippen LogP contribution in [0.2, 0.25) is 0 Å². The number of hydrogen-bond donors (Lipinski definition) is 4. The Hall–Kier alpha value is -2.35. The molecule has 1 aromatic heterocycles. The molecule has 8 heteroatoms. The fraction of sp³-hybridized carbons (Fsp3) is 0.286. The number of nitrogens with zero attached hydrogens (tertiary/aromatic N) is 2.